The number of nitrogens with one attached hydrogen (secondary N) is 1. The number of allylic oxidation sites excluding steroid dienone is 2. The van der Waals surface area contributed by atoms with E-state index >= 15 is 4.39 Å². The first-order chi connectivity index (χ1) is 22.8. The van der Waals surface area contributed by atoms with Crippen LogP contribution in [0.15, 0.2) is 78.7 Å². The summed E-state index contributed by atoms with van der Waals surface area (Å²) in [5.74, 6) is -2.05. The Morgan fingerprint density at radius 2 is 1.89 bits per heavy atom. The third-order valence-corrected chi connectivity index (χ3v) is 8.96. The number of alkyl halides is 1. The molecule has 2 fully saturated rings. The molecule has 2 aliphatic heterocycles. The summed E-state index contributed by atoms with van der Waals surface area (Å²) >= 11 is 0. The molecule has 3 heterocycles. The third kappa shape index (κ3) is 7.74. The average molecular weight is 645 g/mol. The van der Waals surface area contributed by atoms with E-state index in [-0.39, 0.29) is 37.1 Å². The van der Waals surface area contributed by atoms with E-state index in [4.69, 9.17) is 18.9 Å². The smallest absolute Gasteiger partial charge is 0.313 e. The number of rotatable bonds is 9. The molecule has 0 bridgehead atoms. The van der Waals surface area contributed by atoms with Gasteiger partial charge in [-0.25, -0.2) is 0 Å². The Labute approximate surface area is 274 Å². The molecule has 6 rings (SSSR count). The SMILES string of the molecule is CCN1CCC(COc2cc3nccc(OC4(F)C=CC=C(NC(=O)C(=O)N5CCOC(c6ccccc6)C5)C4)c3cc2OC)CC1. The zero-order chi connectivity index (χ0) is 32.8. The predicted molar refractivity (Wildman–Crippen MR) is 175 cm³/mol. The topological polar surface area (TPSA) is 102 Å². The van der Waals surface area contributed by atoms with Gasteiger partial charge in [-0.3, -0.25) is 14.6 Å². The van der Waals surface area contributed by atoms with Crippen LogP contribution in [0.2, 0.25) is 0 Å². The number of likely N-dealkylation sites (tertiary alicyclic amines) is 1. The second kappa shape index (κ2) is 14.5. The van der Waals surface area contributed by atoms with E-state index in [1.165, 1.54) is 17.1 Å². The Balaban J connectivity index is 1.09. The molecule has 248 valence electrons. The molecule has 3 aliphatic rings. The molecule has 2 amide bonds. The number of carbonyl (C=O) groups is 2. The number of carbonyl (C=O) groups excluding carboxylic acids is 2. The lowest BCUT2D eigenvalue weighted by molar-refractivity contribution is -0.150. The molecule has 1 aliphatic carbocycles. The molecule has 0 spiro atoms. The van der Waals surface area contributed by atoms with Gasteiger partial charge in [-0.05, 0) is 68.2 Å². The number of pyridine rings is 1. The molecule has 0 radical (unpaired) electrons. The van der Waals surface area contributed by atoms with Crippen LogP contribution in [0.1, 0.15) is 37.9 Å². The molecule has 1 aromatic heterocycles. The molecule has 3 aromatic rings. The summed E-state index contributed by atoms with van der Waals surface area (Å²) in [7, 11) is 1.56. The van der Waals surface area contributed by atoms with Crippen LogP contribution in [-0.4, -0.2) is 85.5 Å². The molecule has 11 heteroatoms. The monoisotopic (exact) mass is 644 g/mol. The van der Waals surface area contributed by atoms with Crippen LogP contribution in [-0.2, 0) is 14.3 Å². The largest absolute Gasteiger partial charge is 0.493 e. The highest BCUT2D eigenvalue weighted by molar-refractivity contribution is 6.35. The molecule has 1 N–H and O–H groups in total. The van der Waals surface area contributed by atoms with Crippen molar-refractivity contribution in [3.63, 3.8) is 0 Å². The van der Waals surface area contributed by atoms with E-state index in [0.717, 1.165) is 38.0 Å². The van der Waals surface area contributed by atoms with Crippen molar-refractivity contribution in [1.82, 2.24) is 20.1 Å². The molecule has 2 aromatic carbocycles. The molecular formula is C36H41FN4O6. The standard InChI is InChI=1S/C36H41FN4O6/c1-3-40-16-12-25(13-17-40)24-46-32-21-29-28(20-31(32)44-2)30(11-15-38-29)47-36(37)14-7-10-27(22-36)39-34(42)35(43)41-18-19-45-33(23-41)26-8-5-4-6-9-26/h4-11,14-15,20-21,25,33H,3,12-13,16-19,22-24H2,1-2H3,(H,39,42). The van der Waals surface area contributed by atoms with Crippen LogP contribution >= 0.6 is 0 Å². The van der Waals surface area contributed by atoms with Crippen LogP contribution in [0, 0.1) is 5.92 Å². The summed E-state index contributed by atoms with van der Waals surface area (Å²) in [6, 6.07) is 14.7. The van der Waals surface area contributed by atoms with Crippen LogP contribution < -0.4 is 19.5 Å². The van der Waals surface area contributed by atoms with Gasteiger partial charge >= 0.3 is 11.8 Å². The highest BCUT2D eigenvalue weighted by atomic mass is 19.2. The quantitative estimate of drug-likeness (QED) is 0.327. The number of fused-ring (bicyclic) bond motifs is 1. The number of hydrogen-bond donors (Lipinski definition) is 1. The first kappa shape index (κ1) is 32.5. The molecule has 47 heavy (non-hydrogen) atoms. The van der Waals surface area contributed by atoms with Crippen molar-refractivity contribution >= 4 is 22.7 Å². The number of piperidine rings is 1. The van der Waals surface area contributed by atoms with Crippen molar-refractivity contribution in [2.24, 2.45) is 5.92 Å². The van der Waals surface area contributed by atoms with E-state index in [1.54, 1.807) is 37.6 Å². The summed E-state index contributed by atoms with van der Waals surface area (Å²) in [5.41, 5.74) is 1.71. The van der Waals surface area contributed by atoms with Crippen LogP contribution in [0.5, 0.6) is 17.2 Å². The number of morpholine rings is 1. The Bertz CT molecular complexity index is 1640. The van der Waals surface area contributed by atoms with Gasteiger partial charge in [0, 0.05) is 29.9 Å². The lowest BCUT2D eigenvalue weighted by Gasteiger charge is -2.33. The zero-order valence-electron chi connectivity index (χ0n) is 26.8. The van der Waals surface area contributed by atoms with Gasteiger partial charge in [-0.1, -0.05) is 43.3 Å². The normalized spacial score (nSPS) is 22.1. The van der Waals surface area contributed by atoms with E-state index in [0.29, 0.717) is 41.5 Å². The highest BCUT2D eigenvalue weighted by Gasteiger charge is 2.35. The van der Waals surface area contributed by atoms with Gasteiger partial charge in [-0.15, -0.1) is 0 Å². The van der Waals surface area contributed by atoms with Crippen molar-refractivity contribution in [2.45, 2.75) is 38.1 Å². The van der Waals surface area contributed by atoms with Gasteiger partial charge in [0.15, 0.2) is 11.5 Å². The fourth-order valence-corrected chi connectivity index (χ4v) is 6.24. The van der Waals surface area contributed by atoms with Crippen LogP contribution in [0.4, 0.5) is 4.39 Å². The average Bonchev–Trinajstić information content (AvgIpc) is 3.10. The Hall–Kier alpha value is -4.48. The van der Waals surface area contributed by atoms with Crippen molar-refractivity contribution in [1.29, 1.82) is 0 Å². The summed E-state index contributed by atoms with van der Waals surface area (Å²) in [4.78, 5) is 34.4. The van der Waals surface area contributed by atoms with E-state index in [1.807, 2.05) is 30.3 Å². The summed E-state index contributed by atoms with van der Waals surface area (Å²) in [5, 5.41) is 3.14. The van der Waals surface area contributed by atoms with Crippen molar-refractivity contribution in [2.75, 3.05) is 53.0 Å². The molecule has 0 saturated carbocycles. The zero-order valence-corrected chi connectivity index (χ0v) is 26.8. The third-order valence-electron chi connectivity index (χ3n) is 8.96. The Morgan fingerprint density at radius 3 is 2.66 bits per heavy atom. The maximum atomic E-state index is 16.2. The maximum Gasteiger partial charge on any atom is 0.313 e. The van der Waals surface area contributed by atoms with Crippen molar-refractivity contribution in [3.05, 3.63) is 84.2 Å². The molecule has 2 saturated heterocycles. The maximum absolute atomic E-state index is 16.2. The van der Waals surface area contributed by atoms with Gasteiger partial charge in [0.1, 0.15) is 11.9 Å². The number of halogens is 1. The fourth-order valence-electron chi connectivity index (χ4n) is 6.24. The highest BCUT2D eigenvalue weighted by Crippen LogP contribution is 2.39. The first-order valence-corrected chi connectivity index (χ1v) is 16.2. The van der Waals surface area contributed by atoms with E-state index < -0.39 is 17.7 Å². The van der Waals surface area contributed by atoms with Gasteiger partial charge < -0.3 is 34.1 Å². The van der Waals surface area contributed by atoms with Crippen LogP contribution in [0.25, 0.3) is 10.9 Å². The lowest BCUT2D eigenvalue weighted by Crippen LogP contribution is -2.49. The minimum Gasteiger partial charge on any atom is -0.493 e. The van der Waals surface area contributed by atoms with Gasteiger partial charge in [0.05, 0.1) is 38.8 Å². The number of nitrogens with zero attached hydrogens (tertiary/aromatic N) is 3. The number of benzene rings is 2. The fraction of sp³-hybridized carbons (Fsp3) is 0.417. The number of aromatic nitrogens is 1. The lowest BCUT2D eigenvalue weighted by atomic mass is 9.98. The molecular weight excluding hydrogens is 603 g/mol. The van der Waals surface area contributed by atoms with Crippen molar-refractivity contribution < 1.29 is 32.9 Å². The minimum atomic E-state index is -2.29. The summed E-state index contributed by atoms with van der Waals surface area (Å²) < 4.78 is 39.8. The Morgan fingerprint density at radius 1 is 1.09 bits per heavy atom. The summed E-state index contributed by atoms with van der Waals surface area (Å²) in [6.07, 6.45) is 7.38. The Kier molecular flexibility index (Phi) is 10.0. The molecule has 10 nitrogen and oxygen atoms in total. The second-order valence-electron chi connectivity index (χ2n) is 12.1. The second-order valence-corrected chi connectivity index (χ2v) is 12.1. The van der Waals surface area contributed by atoms with Gasteiger partial charge in [-0.2, -0.15) is 4.39 Å². The summed E-state index contributed by atoms with van der Waals surface area (Å²) in [6.45, 7) is 6.81. The van der Waals surface area contributed by atoms with E-state index in [9.17, 15) is 9.59 Å². The molecule has 2 atom stereocenters. The first-order valence-electron chi connectivity index (χ1n) is 16.2. The van der Waals surface area contributed by atoms with Crippen molar-refractivity contribution in [3.8, 4) is 17.2 Å². The number of amides is 2. The predicted octanol–water partition coefficient (Wildman–Crippen LogP) is 4.96. The number of methoxy groups -OCH3 is 1. The number of hydrogen-bond acceptors (Lipinski definition) is 8. The van der Waals surface area contributed by atoms with E-state index in [2.05, 4.69) is 22.1 Å². The van der Waals surface area contributed by atoms with Gasteiger partial charge in [0.2, 0.25) is 0 Å². The van der Waals surface area contributed by atoms with Gasteiger partial charge in [0.25, 0.3) is 5.85 Å². The molecule has 2 unspecified atom stereocenters. The van der Waals surface area contributed by atoms with Crippen LogP contribution in [0.3, 0.4) is 0 Å². The number of ether oxygens (including phenoxy) is 4. The minimum absolute atomic E-state index is 0.220.